The van der Waals surface area contributed by atoms with Gasteiger partial charge in [-0.3, -0.25) is 0 Å². The molecular weight excluding hydrogens is 292 g/mol. The summed E-state index contributed by atoms with van der Waals surface area (Å²) in [6, 6.07) is 18.9. The van der Waals surface area contributed by atoms with Crippen molar-refractivity contribution in [3.8, 4) is 11.8 Å². The number of carbonyl (C=O) groups excluding carboxylic acids is 1. The lowest BCUT2D eigenvalue weighted by Crippen LogP contribution is -2.28. The van der Waals surface area contributed by atoms with Crippen LogP contribution in [-0.4, -0.2) is 19.2 Å². The molecule has 23 heavy (non-hydrogen) atoms. The molecule has 2 rings (SSSR count). The van der Waals surface area contributed by atoms with Crippen molar-refractivity contribution in [1.29, 1.82) is 5.26 Å². The molecule has 5 nitrogen and oxygen atoms in total. The van der Waals surface area contributed by atoms with E-state index in [1.165, 1.54) is 0 Å². The quantitative estimate of drug-likeness (QED) is 0.798. The monoisotopic (exact) mass is 310 g/mol. The van der Waals surface area contributed by atoms with Gasteiger partial charge in [-0.15, -0.1) is 0 Å². The van der Waals surface area contributed by atoms with Crippen LogP contribution in [0, 0.1) is 11.3 Å². The number of carbonyl (C=O) groups is 1. The Morgan fingerprint density at radius 2 is 1.78 bits per heavy atom. The molecule has 0 aliphatic carbocycles. The summed E-state index contributed by atoms with van der Waals surface area (Å²) in [6.45, 7) is 0.944. The molecule has 1 N–H and O–H groups in total. The molecule has 0 spiro atoms. The van der Waals surface area contributed by atoms with Gasteiger partial charge in [0, 0.05) is 0 Å². The Hall–Kier alpha value is -3.00. The van der Waals surface area contributed by atoms with Gasteiger partial charge in [0.1, 0.15) is 19.0 Å². The van der Waals surface area contributed by atoms with Gasteiger partial charge in [-0.25, -0.2) is 4.79 Å². The Balaban J connectivity index is 1.61. The van der Waals surface area contributed by atoms with E-state index in [2.05, 4.69) is 11.4 Å². The van der Waals surface area contributed by atoms with E-state index >= 15 is 0 Å². The third kappa shape index (κ3) is 6.10. The number of nitrogens with one attached hydrogen (secondary N) is 1. The molecule has 0 fully saturated rings. The van der Waals surface area contributed by atoms with Crippen LogP contribution in [0.4, 0.5) is 4.79 Å². The van der Waals surface area contributed by atoms with Gasteiger partial charge in [0.25, 0.3) is 0 Å². The van der Waals surface area contributed by atoms with Gasteiger partial charge in [-0.05, 0) is 23.3 Å². The van der Waals surface area contributed by atoms with Crippen LogP contribution in [0.25, 0.3) is 0 Å². The molecule has 0 atom stereocenters. The van der Waals surface area contributed by atoms with Crippen molar-refractivity contribution < 1.29 is 14.3 Å². The Bertz CT molecular complexity index is 648. The summed E-state index contributed by atoms with van der Waals surface area (Å²) in [4.78, 5) is 11.5. The van der Waals surface area contributed by atoms with Crippen molar-refractivity contribution in [3.05, 3.63) is 65.7 Å². The van der Waals surface area contributed by atoms with E-state index < -0.39 is 6.09 Å². The van der Waals surface area contributed by atoms with Crippen molar-refractivity contribution >= 4 is 6.09 Å². The molecule has 0 aromatic heterocycles. The molecule has 0 unspecified atom stereocenters. The van der Waals surface area contributed by atoms with Gasteiger partial charge in [0.15, 0.2) is 0 Å². The molecule has 5 heteroatoms. The van der Waals surface area contributed by atoms with Crippen molar-refractivity contribution in [2.75, 3.05) is 13.2 Å². The van der Waals surface area contributed by atoms with E-state index in [9.17, 15) is 4.79 Å². The average Bonchev–Trinajstić information content (AvgIpc) is 2.59. The Morgan fingerprint density at radius 1 is 1.04 bits per heavy atom. The predicted octanol–water partition coefficient (Wildman–Crippen LogP) is 3.06. The standard InChI is InChI=1S/C18H18N2O3/c19-11-10-15-6-8-17(9-7-15)22-13-12-20-18(21)23-14-16-4-2-1-3-5-16/h1-9H,10,12-14H2,(H,20,21). The second-order valence-corrected chi connectivity index (χ2v) is 4.82. The SMILES string of the molecule is N#CCc1ccc(OCCNC(=O)OCc2ccccc2)cc1. The number of ether oxygens (including phenoxy) is 2. The van der Waals surface area contributed by atoms with Gasteiger partial charge in [0.2, 0.25) is 0 Å². The molecule has 0 radical (unpaired) electrons. The van der Waals surface area contributed by atoms with E-state index in [1.54, 1.807) is 12.1 Å². The molecule has 0 heterocycles. The summed E-state index contributed by atoms with van der Waals surface area (Å²) < 4.78 is 10.6. The van der Waals surface area contributed by atoms with E-state index in [1.807, 2.05) is 42.5 Å². The fourth-order valence-electron chi connectivity index (χ4n) is 1.89. The molecule has 0 bridgehead atoms. The van der Waals surface area contributed by atoms with Crippen LogP contribution in [0.15, 0.2) is 54.6 Å². The molecule has 0 saturated carbocycles. The summed E-state index contributed by atoms with van der Waals surface area (Å²) in [5.74, 6) is 0.700. The van der Waals surface area contributed by atoms with E-state index in [0.29, 0.717) is 25.3 Å². The topological polar surface area (TPSA) is 71.3 Å². The first-order valence-electron chi connectivity index (χ1n) is 7.31. The fourth-order valence-corrected chi connectivity index (χ4v) is 1.89. The minimum atomic E-state index is -0.471. The minimum Gasteiger partial charge on any atom is -0.492 e. The van der Waals surface area contributed by atoms with Gasteiger partial charge in [-0.1, -0.05) is 42.5 Å². The largest absolute Gasteiger partial charge is 0.492 e. The molecule has 118 valence electrons. The number of hydrogen-bond acceptors (Lipinski definition) is 4. The van der Waals surface area contributed by atoms with Crippen molar-refractivity contribution in [1.82, 2.24) is 5.32 Å². The van der Waals surface area contributed by atoms with E-state index in [-0.39, 0.29) is 6.61 Å². The van der Waals surface area contributed by atoms with Gasteiger partial charge >= 0.3 is 6.09 Å². The number of nitrogens with zero attached hydrogens (tertiary/aromatic N) is 1. The van der Waals surface area contributed by atoms with Crippen molar-refractivity contribution in [2.24, 2.45) is 0 Å². The predicted molar refractivity (Wildman–Crippen MR) is 85.9 cm³/mol. The molecule has 2 aromatic carbocycles. The number of alkyl carbamates (subject to hydrolysis) is 1. The highest BCUT2D eigenvalue weighted by Crippen LogP contribution is 2.12. The summed E-state index contributed by atoms with van der Waals surface area (Å²) in [5, 5.41) is 11.2. The lowest BCUT2D eigenvalue weighted by Gasteiger charge is -2.09. The zero-order valence-corrected chi connectivity index (χ0v) is 12.7. The van der Waals surface area contributed by atoms with Crippen molar-refractivity contribution in [2.45, 2.75) is 13.0 Å². The first-order valence-corrected chi connectivity index (χ1v) is 7.31. The lowest BCUT2D eigenvalue weighted by atomic mass is 10.2. The fraction of sp³-hybridized carbons (Fsp3) is 0.222. The second-order valence-electron chi connectivity index (χ2n) is 4.82. The number of rotatable bonds is 7. The van der Waals surface area contributed by atoms with Crippen LogP contribution in [0.2, 0.25) is 0 Å². The summed E-state index contributed by atoms with van der Waals surface area (Å²) in [5.41, 5.74) is 1.89. The first-order chi connectivity index (χ1) is 11.3. The highest BCUT2D eigenvalue weighted by atomic mass is 16.5. The smallest absolute Gasteiger partial charge is 0.407 e. The number of benzene rings is 2. The van der Waals surface area contributed by atoms with Crippen LogP contribution < -0.4 is 10.1 Å². The molecule has 1 amide bonds. The van der Waals surface area contributed by atoms with E-state index in [4.69, 9.17) is 14.7 Å². The van der Waals surface area contributed by atoms with Crippen LogP contribution in [0.5, 0.6) is 5.75 Å². The Labute approximate surface area is 135 Å². The van der Waals surface area contributed by atoms with Crippen LogP contribution in [-0.2, 0) is 17.8 Å². The first kappa shape index (κ1) is 16.4. The number of amides is 1. The molecule has 0 saturated heterocycles. The molecular formula is C18H18N2O3. The Kier molecular flexibility index (Phi) is 6.48. The number of nitriles is 1. The molecule has 0 aliphatic rings. The maximum absolute atomic E-state index is 11.5. The van der Waals surface area contributed by atoms with Crippen molar-refractivity contribution in [3.63, 3.8) is 0 Å². The lowest BCUT2D eigenvalue weighted by molar-refractivity contribution is 0.137. The molecule has 0 aliphatic heterocycles. The highest BCUT2D eigenvalue weighted by Gasteiger charge is 2.02. The summed E-state index contributed by atoms with van der Waals surface area (Å²) in [7, 11) is 0. The zero-order chi connectivity index (χ0) is 16.3. The average molecular weight is 310 g/mol. The maximum atomic E-state index is 11.5. The third-order valence-corrected chi connectivity index (χ3v) is 3.06. The van der Waals surface area contributed by atoms with E-state index in [0.717, 1.165) is 11.1 Å². The third-order valence-electron chi connectivity index (χ3n) is 3.06. The van der Waals surface area contributed by atoms with Crippen LogP contribution in [0.3, 0.4) is 0 Å². The van der Waals surface area contributed by atoms with Gasteiger partial charge in [0.05, 0.1) is 19.0 Å². The number of hydrogen-bond donors (Lipinski definition) is 1. The van der Waals surface area contributed by atoms with Crippen LogP contribution in [0.1, 0.15) is 11.1 Å². The highest BCUT2D eigenvalue weighted by molar-refractivity contribution is 5.67. The zero-order valence-electron chi connectivity index (χ0n) is 12.7. The molecule has 2 aromatic rings. The summed E-state index contributed by atoms with van der Waals surface area (Å²) in [6.07, 6.45) is -0.0865. The maximum Gasteiger partial charge on any atom is 0.407 e. The minimum absolute atomic E-state index is 0.244. The second kappa shape index (κ2) is 9.11. The Morgan fingerprint density at radius 3 is 2.48 bits per heavy atom. The van der Waals surface area contributed by atoms with Crippen LogP contribution >= 0.6 is 0 Å². The normalized spacial score (nSPS) is 9.70. The van der Waals surface area contributed by atoms with Gasteiger partial charge < -0.3 is 14.8 Å². The van der Waals surface area contributed by atoms with Gasteiger partial charge in [-0.2, -0.15) is 5.26 Å². The summed E-state index contributed by atoms with van der Waals surface area (Å²) >= 11 is 0.